The van der Waals surface area contributed by atoms with E-state index >= 15 is 0 Å². The van der Waals surface area contributed by atoms with Crippen LogP contribution in [0.3, 0.4) is 0 Å². The minimum Gasteiger partial charge on any atom is -0.693 e. The third-order valence-corrected chi connectivity index (χ3v) is 0.253. The van der Waals surface area contributed by atoms with Gasteiger partial charge in [-0.25, -0.2) is 0 Å². The molecule has 0 fully saturated rings. The van der Waals surface area contributed by atoms with E-state index in [-0.39, 0.29) is 35.2 Å². The third-order valence-electron chi connectivity index (χ3n) is 0.253. The second kappa shape index (κ2) is 7.61. The Morgan fingerprint density at radius 2 is 2.25 bits per heavy atom. The zero-order valence-corrected chi connectivity index (χ0v) is 6.71. The van der Waals surface area contributed by atoms with E-state index in [0.29, 0.717) is 7.48 Å². The Morgan fingerprint density at radius 1 is 1.75 bits per heavy atom. The number of hydrogen-bond acceptors (Lipinski definition) is 4. The van der Waals surface area contributed by atoms with E-state index < -0.39 is 0 Å². The van der Waals surface area contributed by atoms with Gasteiger partial charge in [-0.15, -0.1) is 0 Å². The van der Waals surface area contributed by atoms with Gasteiger partial charge in [-0.05, 0) is 6.92 Å². The van der Waals surface area contributed by atoms with Crippen LogP contribution in [0.1, 0.15) is 6.92 Å². The van der Waals surface area contributed by atoms with Crippen LogP contribution in [0.4, 0.5) is 0 Å². The number of carbonyl (C=O) groups excluding carboxylic acids is 1. The first-order chi connectivity index (χ1) is 3.27. The topological polar surface area (TPSA) is 58.6 Å². The van der Waals surface area contributed by atoms with Gasteiger partial charge in [0.05, 0.1) is 0 Å². The van der Waals surface area contributed by atoms with Crippen molar-refractivity contribution >= 4 is 13.2 Å². The molecule has 4 nitrogen and oxygen atoms in total. The molecule has 39 valence electrons. The number of carbonyl (C=O) groups is 1. The first kappa shape index (κ1) is 11.4. The van der Waals surface area contributed by atoms with E-state index in [1.807, 2.05) is 0 Å². The van der Waals surface area contributed by atoms with Gasteiger partial charge >= 0.3 is 37.0 Å². The summed E-state index contributed by atoms with van der Waals surface area (Å²) in [6, 6.07) is 0. The Balaban J connectivity index is 0. The fraction of sp³-hybridized carbons (Fsp3) is 0.500. The van der Waals surface area contributed by atoms with Gasteiger partial charge in [-0.3, -0.25) is 0 Å². The number of hydrogen-bond donors (Lipinski definition) is 0. The summed E-state index contributed by atoms with van der Waals surface area (Å²) in [6.07, 6.45) is 0. The molecule has 0 rings (SSSR count). The average molecular weight is 125 g/mol. The van der Waals surface area contributed by atoms with Crippen LogP contribution in [0.25, 0.3) is 0 Å². The van der Waals surface area contributed by atoms with Crippen molar-refractivity contribution in [2.24, 2.45) is 0 Å². The van der Waals surface area contributed by atoms with E-state index in [1.54, 1.807) is 0 Å². The van der Waals surface area contributed by atoms with Crippen LogP contribution in [0.2, 0.25) is 0 Å². The first-order valence-corrected chi connectivity index (χ1v) is 1.56. The van der Waals surface area contributed by atoms with Crippen molar-refractivity contribution in [2.75, 3.05) is 0 Å². The van der Waals surface area contributed by atoms with Gasteiger partial charge < -0.3 is 19.9 Å². The molecule has 0 amide bonds. The molecule has 0 spiro atoms. The van der Waals surface area contributed by atoms with Crippen LogP contribution < -0.4 is 34.8 Å². The first-order valence-electron chi connectivity index (χ1n) is 1.56. The molecule has 0 aromatic carbocycles. The van der Waals surface area contributed by atoms with Crippen molar-refractivity contribution in [3.8, 4) is 0 Å². The van der Waals surface area contributed by atoms with E-state index in [0.717, 1.165) is 0 Å². The Bertz CT molecular complexity index is 67.1. The van der Waals surface area contributed by atoms with Gasteiger partial charge in [0.15, 0.2) is 0 Å². The summed E-state index contributed by atoms with van der Waals surface area (Å²) >= 11 is 0. The predicted octanol–water partition coefficient (Wildman–Crippen LogP) is -4.62. The summed E-state index contributed by atoms with van der Waals surface area (Å²) in [6.45, 7) is 1.24. The maximum Gasteiger partial charge on any atom is 1.00 e. The molecule has 0 atom stereocenters. The largest absolute Gasteiger partial charge is 1.00 e. The Hall–Kier alpha value is 0.615. The molecule has 1 radical (unpaired) electrons. The van der Waals surface area contributed by atoms with Crippen LogP contribution >= 0.6 is 0 Å². The summed E-state index contributed by atoms with van der Waals surface area (Å²) in [5, 5.41) is 11.8. The summed E-state index contributed by atoms with van der Waals surface area (Å²) < 4.78 is 0. The summed E-state index contributed by atoms with van der Waals surface area (Å²) in [5.41, 5.74) is -0.365. The zero-order chi connectivity index (χ0) is 5.70. The van der Waals surface area contributed by atoms with Crippen LogP contribution in [0, 0.1) is 0 Å². The molecule has 0 aromatic rings. The minimum absolute atomic E-state index is 0. The van der Waals surface area contributed by atoms with Crippen LogP contribution in [-0.4, -0.2) is 13.2 Å². The predicted molar refractivity (Wildman–Crippen MR) is 18.6 cm³/mol. The van der Waals surface area contributed by atoms with Gasteiger partial charge in [-0.2, -0.15) is 0 Å². The van der Waals surface area contributed by atoms with Crippen molar-refractivity contribution in [1.29, 1.82) is 0 Å². The maximum absolute atomic E-state index is 9.80. The van der Waals surface area contributed by atoms with Crippen molar-refractivity contribution < 1.29 is 49.5 Å². The smallest absolute Gasteiger partial charge is 0.693 e. The third kappa shape index (κ3) is 9.79. The molecule has 0 N–H and O–H groups in total. The van der Waals surface area contributed by atoms with Crippen LogP contribution in [0.15, 0.2) is 0 Å². The molecule has 0 aliphatic carbocycles. The van der Waals surface area contributed by atoms with E-state index in [4.69, 9.17) is 5.26 Å². The Morgan fingerprint density at radius 3 is 2.38 bits per heavy atom. The zero-order valence-electron chi connectivity index (χ0n) is 4.71. The van der Waals surface area contributed by atoms with E-state index in [2.05, 4.69) is 9.84 Å². The Kier molecular flexibility index (Phi) is 10.9. The summed E-state index contributed by atoms with van der Waals surface area (Å²) in [4.78, 5) is 13.4. The van der Waals surface area contributed by atoms with Gasteiger partial charge in [0.25, 0.3) is 0 Å². The standard InChI is InChI=1S/C2H4BO4.Na/c1-2(4)3-6-7-5;/h5H,1H3;/q;+1/p-1. The van der Waals surface area contributed by atoms with Gasteiger partial charge in [0, 0.05) is 0 Å². The van der Waals surface area contributed by atoms with Crippen molar-refractivity contribution in [3.63, 3.8) is 0 Å². The monoisotopic (exact) mass is 125 g/mol. The van der Waals surface area contributed by atoms with Gasteiger partial charge in [0.2, 0.25) is 0 Å². The van der Waals surface area contributed by atoms with Crippen LogP contribution in [-0.2, 0) is 14.6 Å². The SMILES string of the molecule is CC(=O)[B]OO[O-].[Na+]. The average Bonchev–Trinajstić information content (AvgIpc) is 1.61. The molecule has 0 saturated carbocycles. The van der Waals surface area contributed by atoms with Crippen molar-refractivity contribution in [3.05, 3.63) is 0 Å². The van der Waals surface area contributed by atoms with Crippen molar-refractivity contribution in [1.82, 2.24) is 0 Å². The van der Waals surface area contributed by atoms with Crippen molar-refractivity contribution in [2.45, 2.75) is 6.92 Å². The minimum atomic E-state index is -0.365. The molecule has 0 bridgehead atoms. The molecule has 6 heteroatoms. The van der Waals surface area contributed by atoms with Crippen LogP contribution in [0.5, 0.6) is 0 Å². The van der Waals surface area contributed by atoms with E-state index in [9.17, 15) is 4.79 Å². The second-order valence-electron chi connectivity index (χ2n) is 0.893. The molecule has 0 saturated heterocycles. The molecular formula is C2H3BNaO4. The van der Waals surface area contributed by atoms with Gasteiger partial charge in [0.1, 0.15) is 5.68 Å². The van der Waals surface area contributed by atoms with E-state index in [1.165, 1.54) is 6.92 Å². The normalized spacial score (nSPS) is 7.25. The molecule has 0 aliphatic rings. The molecular weight excluding hydrogens is 122 g/mol. The summed E-state index contributed by atoms with van der Waals surface area (Å²) in [5.74, 6) is 0. The fourth-order valence-corrected chi connectivity index (χ4v) is 0.0874. The fourth-order valence-electron chi connectivity index (χ4n) is 0.0874. The molecule has 0 heterocycles. The molecule has 0 unspecified atom stereocenters. The van der Waals surface area contributed by atoms with Gasteiger partial charge in [-0.1, -0.05) is 0 Å². The Labute approximate surface area is 69.6 Å². The molecule has 8 heavy (non-hydrogen) atoms. The maximum atomic E-state index is 9.80. The number of rotatable bonds is 3. The quantitative estimate of drug-likeness (QED) is 0.216. The molecule has 0 aliphatic heterocycles. The summed E-state index contributed by atoms with van der Waals surface area (Å²) in [7, 11) is 0.674. The second-order valence-corrected chi connectivity index (χ2v) is 0.893. The molecule has 0 aromatic heterocycles.